The Morgan fingerprint density at radius 1 is 1.03 bits per heavy atom. The van der Waals surface area contributed by atoms with Gasteiger partial charge in [0.25, 0.3) is 5.24 Å². The molecule has 9 nitrogen and oxygen atoms in total. The summed E-state index contributed by atoms with van der Waals surface area (Å²) in [5, 5.41) is -1.12. The average Bonchev–Trinajstić information content (AvgIpc) is 3.12. The van der Waals surface area contributed by atoms with E-state index >= 15 is 0 Å². The third kappa shape index (κ3) is 7.93. The number of imide groups is 1. The first-order valence-electron chi connectivity index (χ1n) is 11.9. The molecule has 202 valence electrons. The van der Waals surface area contributed by atoms with Crippen molar-refractivity contribution in [3.63, 3.8) is 0 Å². The molecule has 10 heteroatoms. The lowest BCUT2D eigenvalue weighted by Crippen LogP contribution is -2.39. The van der Waals surface area contributed by atoms with Crippen LogP contribution in [0.5, 0.6) is 11.5 Å². The molecule has 38 heavy (non-hydrogen) atoms. The van der Waals surface area contributed by atoms with Crippen molar-refractivity contribution in [3.05, 3.63) is 65.2 Å². The molecule has 0 saturated carbocycles. The maximum Gasteiger partial charge on any atom is 0.326 e. The maximum absolute atomic E-state index is 12.7. The Labute approximate surface area is 226 Å². The van der Waals surface area contributed by atoms with Crippen LogP contribution in [0.1, 0.15) is 42.3 Å². The minimum Gasteiger partial charge on any atom is -0.493 e. The minimum absolute atomic E-state index is 0.0915. The molecule has 1 atom stereocenters. The Balaban J connectivity index is 1.59. The predicted octanol–water partition coefficient (Wildman–Crippen LogP) is 4.52. The number of methoxy groups -OCH3 is 2. The Hall–Kier alpha value is -3.63. The van der Waals surface area contributed by atoms with Gasteiger partial charge in [-0.15, -0.1) is 0 Å². The number of thioether (sulfide) groups is 1. The highest BCUT2D eigenvalue weighted by molar-refractivity contribution is 8.15. The van der Waals surface area contributed by atoms with Crippen molar-refractivity contribution < 1.29 is 38.1 Å². The second kappa shape index (κ2) is 12.7. The van der Waals surface area contributed by atoms with E-state index in [9.17, 15) is 19.2 Å². The van der Waals surface area contributed by atoms with Gasteiger partial charge in [0.15, 0.2) is 24.1 Å². The zero-order valence-electron chi connectivity index (χ0n) is 22.0. The van der Waals surface area contributed by atoms with Gasteiger partial charge in [0.05, 0.1) is 12.4 Å². The molecular weight excluding hydrogens is 510 g/mol. The predicted molar refractivity (Wildman–Crippen MR) is 143 cm³/mol. The highest BCUT2D eigenvalue weighted by Crippen LogP contribution is 2.30. The topological polar surface area (TPSA) is 108 Å². The van der Waals surface area contributed by atoms with E-state index < -0.39 is 34.5 Å². The SMILES string of the molecule is COCOc1ccc(C=CC(=O)c2ccc(CC3SC(=O)N(CC(=O)OC(C)(C)C)C3=O)cc2)cc1OC. The van der Waals surface area contributed by atoms with Gasteiger partial charge < -0.3 is 18.9 Å². The number of hydrogen-bond donors (Lipinski definition) is 0. The molecule has 0 spiro atoms. The Bertz CT molecular complexity index is 1220. The summed E-state index contributed by atoms with van der Waals surface area (Å²) in [5.74, 6) is -0.209. The van der Waals surface area contributed by atoms with Gasteiger partial charge in [-0.1, -0.05) is 48.2 Å². The molecule has 0 radical (unpaired) electrons. The van der Waals surface area contributed by atoms with Crippen LogP contribution in [-0.2, 0) is 25.5 Å². The summed E-state index contributed by atoms with van der Waals surface area (Å²) in [6.07, 6.45) is 3.43. The van der Waals surface area contributed by atoms with Gasteiger partial charge >= 0.3 is 5.97 Å². The summed E-state index contributed by atoms with van der Waals surface area (Å²) < 4.78 is 20.9. The fourth-order valence-electron chi connectivity index (χ4n) is 3.59. The second-order valence-corrected chi connectivity index (χ2v) is 10.6. The van der Waals surface area contributed by atoms with Gasteiger partial charge in [-0.2, -0.15) is 0 Å². The van der Waals surface area contributed by atoms with Gasteiger partial charge in [0.1, 0.15) is 12.1 Å². The number of amides is 2. The third-order valence-corrected chi connectivity index (χ3v) is 6.39. The molecule has 1 heterocycles. The van der Waals surface area contributed by atoms with Crippen molar-refractivity contribution in [3.8, 4) is 11.5 Å². The van der Waals surface area contributed by atoms with Crippen molar-refractivity contribution in [2.45, 2.75) is 38.0 Å². The molecule has 2 aromatic carbocycles. The van der Waals surface area contributed by atoms with Gasteiger partial charge in [0, 0.05) is 12.7 Å². The molecule has 0 aliphatic carbocycles. The molecule has 3 rings (SSSR count). The van der Waals surface area contributed by atoms with Crippen LogP contribution in [-0.4, -0.2) is 66.2 Å². The lowest BCUT2D eigenvalue weighted by molar-refractivity contribution is -0.157. The summed E-state index contributed by atoms with van der Waals surface area (Å²) in [5.41, 5.74) is 1.32. The molecule has 0 N–H and O–H groups in total. The van der Waals surface area contributed by atoms with Crippen molar-refractivity contribution in [2.75, 3.05) is 27.6 Å². The van der Waals surface area contributed by atoms with Gasteiger partial charge in [-0.25, -0.2) is 0 Å². The number of nitrogens with zero attached hydrogens (tertiary/aromatic N) is 1. The van der Waals surface area contributed by atoms with Crippen molar-refractivity contribution in [1.82, 2.24) is 4.90 Å². The van der Waals surface area contributed by atoms with Crippen LogP contribution in [0.15, 0.2) is 48.5 Å². The first-order valence-corrected chi connectivity index (χ1v) is 12.7. The van der Waals surface area contributed by atoms with Crippen LogP contribution < -0.4 is 9.47 Å². The van der Waals surface area contributed by atoms with E-state index in [1.54, 1.807) is 69.3 Å². The molecule has 0 aromatic heterocycles. The molecule has 2 amide bonds. The summed E-state index contributed by atoms with van der Waals surface area (Å²) in [4.78, 5) is 50.7. The van der Waals surface area contributed by atoms with Crippen LogP contribution >= 0.6 is 11.8 Å². The fraction of sp³-hybridized carbons (Fsp3) is 0.357. The minimum atomic E-state index is -0.708. The number of carbonyl (C=O) groups is 4. The zero-order chi connectivity index (χ0) is 27.9. The molecule has 0 bridgehead atoms. The van der Waals surface area contributed by atoms with E-state index in [1.807, 2.05) is 0 Å². The Morgan fingerprint density at radius 2 is 1.74 bits per heavy atom. The number of ketones is 1. The van der Waals surface area contributed by atoms with Gasteiger partial charge in [-0.05, 0) is 56.5 Å². The highest BCUT2D eigenvalue weighted by Gasteiger charge is 2.41. The summed E-state index contributed by atoms with van der Waals surface area (Å²) in [6.45, 7) is 4.83. The smallest absolute Gasteiger partial charge is 0.326 e. The van der Waals surface area contributed by atoms with Crippen LogP contribution in [0.3, 0.4) is 0 Å². The molecule has 1 aliphatic heterocycles. The Kier molecular flexibility index (Phi) is 9.71. The van der Waals surface area contributed by atoms with E-state index in [1.165, 1.54) is 20.3 Å². The largest absolute Gasteiger partial charge is 0.493 e. The number of allylic oxidation sites excluding steroid dienone is 1. The first-order chi connectivity index (χ1) is 18.0. The van der Waals surface area contributed by atoms with Gasteiger partial charge in [0.2, 0.25) is 5.91 Å². The van der Waals surface area contributed by atoms with Crippen LogP contribution in [0, 0.1) is 0 Å². The fourth-order valence-corrected chi connectivity index (χ4v) is 4.62. The van der Waals surface area contributed by atoms with Crippen molar-refractivity contribution >= 4 is 40.7 Å². The maximum atomic E-state index is 12.7. The number of benzene rings is 2. The monoisotopic (exact) mass is 541 g/mol. The van der Waals surface area contributed by atoms with Crippen LogP contribution in [0.4, 0.5) is 4.79 Å². The molecule has 2 aromatic rings. The summed E-state index contributed by atoms with van der Waals surface area (Å²) >= 11 is 0.886. The highest BCUT2D eigenvalue weighted by atomic mass is 32.2. The van der Waals surface area contributed by atoms with E-state index in [2.05, 4.69) is 0 Å². The van der Waals surface area contributed by atoms with Crippen molar-refractivity contribution in [1.29, 1.82) is 0 Å². The number of rotatable bonds is 11. The molecule has 1 saturated heterocycles. The van der Waals surface area contributed by atoms with Crippen LogP contribution in [0.25, 0.3) is 6.08 Å². The molecule has 1 unspecified atom stereocenters. The molecule has 1 fully saturated rings. The quantitative estimate of drug-likeness (QED) is 0.176. The Morgan fingerprint density at radius 3 is 2.37 bits per heavy atom. The third-order valence-electron chi connectivity index (χ3n) is 5.32. The number of hydrogen-bond acceptors (Lipinski definition) is 9. The van der Waals surface area contributed by atoms with E-state index in [-0.39, 0.29) is 12.6 Å². The standard InChI is InChI=1S/C28H31NO8S/c1-28(2,3)37-25(31)16-29-26(32)24(38-27(29)33)15-19-6-10-20(11-7-19)21(30)12-8-18-9-13-22(36-17-34-4)23(14-18)35-5/h6-14,24H,15-17H2,1-5H3. The molecular formula is C28H31NO8S. The molecule has 1 aliphatic rings. The van der Waals surface area contributed by atoms with E-state index in [4.69, 9.17) is 18.9 Å². The van der Waals surface area contributed by atoms with E-state index in [0.717, 1.165) is 27.8 Å². The van der Waals surface area contributed by atoms with Gasteiger partial charge in [-0.3, -0.25) is 24.1 Å². The lowest BCUT2D eigenvalue weighted by Gasteiger charge is -2.21. The second-order valence-electron chi connectivity index (χ2n) is 9.44. The lowest BCUT2D eigenvalue weighted by atomic mass is 10.0. The summed E-state index contributed by atoms with van der Waals surface area (Å²) in [6, 6.07) is 12.1. The normalized spacial score (nSPS) is 15.7. The van der Waals surface area contributed by atoms with Crippen LogP contribution in [0.2, 0.25) is 0 Å². The number of esters is 1. The average molecular weight is 542 g/mol. The number of carbonyl (C=O) groups excluding carboxylic acids is 4. The first kappa shape index (κ1) is 28.9. The van der Waals surface area contributed by atoms with E-state index in [0.29, 0.717) is 23.5 Å². The number of ether oxygens (including phenoxy) is 4. The zero-order valence-corrected chi connectivity index (χ0v) is 22.8. The van der Waals surface area contributed by atoms with Crippen molar-refractivity contribution in [2.24, 2.45) is 0 Å². The summed E-state index contributed by atoms with van der Waals surface area (Å²) in [7, 11) is 3.06.